The first-order chi connectivity index (χ1) is 22.3. The zero-order valence-corrected chi connectivity index (χ0v) is 24.6. The first kappa shape index (κ1) is 25.6. The Bertz CT molecular complexity index is 2480. The van der Waals surface area contributed by atoms with Crippen LogP contribution in [0.2, 0.25) is 0 Å². The van der Waals surface area contributed by atoms with Crippen molar-refractivity contribution in [3.63, 3.8) is 0 Å². The number of hydrogen-bond acceptors (Lipinski definition) is 1. The maximum absolute atomic E-state index is 6.24. The lowest BCUT2D eigenvalue weighted by Crippen LogP contribution is -1.91. The van der Waals surface area contributed by atoms with Gasteiger partial charge in [-0.15, -0.1) is 0 Å². The van der Waals surface area contributed by atoms with Crippen LogP contribution < -0.4 is 0 Å². The number of benzene rings is 8. The Balaban J connectivity index is 1.29. The van der Waals surface area contributed by atoms with Gasteiger partial charge in [-0.1, -0.05) is 146 Å². The molecule has 0 atom stereocenters. The molecule has 0 N–H and O–H groups in total. The van der Waals surface area contributed by atoms with Gasteiger partial charge in [0.25, 0.3) is 0 Å². The molecule has 9 aromatic rings. The van der Waals surface area contributed by atoms with Crippen molar-refractivity contribution in [2.45, 2.75) is 0 Å². The molecule has 0 saturated carbocycles. The van der Waals surface area contributed by atoms with Crippen molar-refractivity contribution < 1.29 is 4.42 Å². The van der Waals surface area contributed by atoms with Crippen LogP contribution in [-0.2, 0) is 0 Å². The van der Waals surface area contributed by atoms with Gasteiger partial charge in [0.1, 0.15) is 11.2 Å². The monoisotopic (exact) mass is 572 g/mol. The Hall–Kier alpha value is -5.92. The second kappa shape index (κ2) is 10.4. The van der Waals surface area contributed by atoms with Crippen LogP contribution in [0.1, 0.15) is 0 Å². The summed E-state index contributed by atoms with van der Waals surface area (Å²) >= 11 is 0. The van der Waals surface area contributed by atoms with Crippen LogP contribution >= 0.6 is 0 Å². The molecule has 210 valence electrons. The molecule has 0 aliphatic rings. The SMILES string of the molecule is c1ccc(-c2cccc(-c3c4ccccc4c(-c4cccc(-c5cccc6oc7ccccc7c56)c4)c4ccccc34)c2)cc1. The average molecular weight is 573 g/mol. The highest BCUT2D eigenvalue weighted by atomic mass is 16.3. The third kappa shape index (κ3) is 4.17. The first-order valence-corrected chi connectivity index (χ1v) is 15.4. The molecule has 0 aliphatic carbocycles. The first-order valence-electron chi connectivity index (χ1n) is 15.4. The van der Waals surface area contributed by atoms with E-state index in [0.29, 0.717) is 0 Å². The summed E-state index contributed by atoms with van der Waals surface area (Å²) in [5.74, 6) is 0. The van der Waals surface area contributed by atoms with Crippen LogP contribution in [-0.4, -0.2) is 0 Å². The minimum Gasteiger partial charge on any atom is -0.456 e. The quantitative estimate of drug-likeness (QED) is 0.191. The fraction of sp³-hybridized carbons (Fsp3) is 0. The molecule has 1 heterocycles. The summed E-state index contributed by atoms with van der Waals surface area (Å²) in [5.41, 5.74) is 11.6. The highest BCUT2D eigenvalue weighted by Gasteiger charge is 2.18. The standard InChI is InChI=1S/C44H28O/c1-2-13-29(14-3-1)30-15-10-17-32(27-30)42-35-19-4-6-21-37(35)43(38-22-7-5-20-36(38)42)33-18-11-16-31(28-33)34-24-12-26-41-44(34)39-23-8-9-25-40(39)45-41/h1-28H. The van der Waals surface area contributed by atoms with E-state index in [2.05, 4.69) is 158 Å². The summed E-state index contributed by atoms with van der Waals surface area (Å²) < 4.78 is 6.24. The van der Waals surface area contributed by atoms with E-state index >= 15 is 0 Å². The summed E-state index contributed by atoms with van der Waals surface area (Å²) in [5, 5.41) is 7.32. The second-order valence-corrected chi connectivity index (χ2v) is 11.6. The van der Waals surface area contributed by atoms with Crippen LogP contribution in [0.5, 0.6) is 0 Å². The third-order valence-corrected chi connectivity index (χ3v) is 9.05. The minimum atomic E-state index is 0.914. The van der Waals surface area contributed by atoms with E-state index in [-0.39, 0.29) is 0 Å². The lowest BCUT2D eigenvalue weighted by molar-refractivity contribution is 0.669. The molecule has 0 spiro atoms. The van der Waals surface area contributed by atoms with Crippen LogP contribution in [0.15, 0.2) is 174 Å². The highest BCUT2D eigenvalue weighted by Crippen LogP contribution is 2.45. The van der Waals surface area contributed by atoms with Crippen molar-refractivity contribution >= 4 is 43.5 Å². The van der Waals surface area contributed by atoms with Crippen molar-refractivity contribution in [1.82, 2.24) is 0 Å². The van der Waals surface area contributed by atoms with Gasteiger partial charge >= 0.3 is 0 Å². The zero-order chi connectivity index (χ0) is 29.7. The van der Waals surface area contributed by atoms with E-state index < -0.39 is 0 Å². The predicted octanol–water partition coefficient (Wildman–Crippen LogP) is 12.6. The highest BCUT2D eigenvalue weighted by molar-refractivity contribution is 6.22. The van der Waals surface area contributed by atoms with Gasteiger partial charge in [0, 0.05) is 10.8 Å². The minimum absolute atomic E-state index is 0.914. The van der Waals surface area contributed by atoms with Gasteiger partial charge < -0.3 is 4.42 Å². The third-order valence-electron chi connectivity index (χ3n) is 9.05. The molecule has 0 radical (unpaired) electrons. The molecule has 0 saturated heterocycles. The molecule has 1 aromatic heterocycles. The summed E-state index contributed by atoms with van der Waals surface area (Å²) in [7, 11) is 0. The van der Waals surface area contributed by atoms with Gasteiger partial charge in [0.2, 0.25) is 0 Å². The Morgan fingerprint density at radius 3 is 1.38 bits per heavy atom. The lowest BCUT2D eigenvalue weighted by atomic mass is 9.85. The van der Waals surface area contributed by atoms with Gasteiger partial charge in [-0.05, 0) is 90.3 Å². The summed E-state index contributed by atoms with van der Waals surface area (Å²) in [6.45, 7) is 0. The van der Waals surface area contributed by atoms with Gasteiger partial charge in [-0.25, -0.2) is 0 Å². The van der Waals surface area contributed by atoms with Crippen LogP contribution in [0, 0.1) is 0 Å². The zero-order valence-electron chi connectivity index (χ0n) is 24.6. The van der Waals surface area contributed by atoms with Gasteiger partial charge in [-0.2, -0.15) is 0 Å². The molecular weight excluding hydrogens is 544 g/mol. The van der Waals surface area contributed by atoms with Gasteiger partial charge in [0.15, 0.2) is 0 Å². The molecule has 1 heteroatoms. The summed E-state index contributed by atoms with van der Waals surface area (Å²) in [6, 6.07) is 61.0. The van der Waals surface area contributed by atoms with E-state index in [0.717, 1.165) is 21.9 Å². The number of para-hydroxylation sites is 1. The predicted molar refractivity (Wildman–Crippen MR) is 190 cm³/mol. The molecule has 0 unspecified atom stereocenters. The van der Waals surface area contributed by atoms with Crippen LogP contribution in [0.3, 0.4) is 0 Å². The van der Waals surface area contributed by atoms with Crippen LogP contribution in [0.4, 0.5) is 0 Å². The molecule has 1 nitrogen and oxygen atoms in total. The number of fused-ring (bicyclic) bond motifs is 5. The lowest BCUT2D eigenvalue weighted by Gasteiger charge is -2.18. The van der Waals surface area contributed by atoms with E-state index in [1.807, 2.05) is 12.1 Å². The molecule has 8 aromatic carbocycles. The van der Waals surface area contributed by atoms with Crippen molar-refractivity contribution in [2.24, 2.45) is 0 Å². The molecule has 0 amide bonds. The van der Waals surface area contributed by atoms with Crippen molar-refractivity contribution in [3.05, 3.63) is 170 Å². The molecule has 0 fully saturated rings. The van der Waals surface area contributed by atoms with Crippen molar-refractivity contribution in [1.29, 1.82) is 0 Å². The normalized spacial score (nSPS) is 11.6. The molecule has 9 rings (SSSR count). The van der Waals surface area contributed by atoms with Gasteiger partial charge in [0.05, 0.1) is 0 Å². The van der Waals surface area contributed by atoms with Crippen molar-refractivity contribution in [3.8, 4) is 44.5 Å². The van der Waals surface area contributed by atoms with E-state index in [1.54, 1.807) is 0 Å². The maximum atomic E-state index is 6.24. The fourth-order valence-electron chi connectivity index (χ4n) is 7.09. The molecular formula is C44H28O. The smallest absolute Gasteiger partial charge is 0.136 e. The number of hydrogen-bond donors (Lipinski definition) is 0. The van der Waals surface area contributed by atoms with Crippen molar-refractivity contribution in [2.75, 3.05) is 0 Å². The fourth-order valence-corrected chi connectivity index (χ4v) is 7.09. The Morgan fingerprint density at radius 1 is 0.289 bits per heavy atom. The Morgan fingerprint density at radius 2 is 0.733 bits per heavy atom. The number of rotatable bonds is 4. The molecule has 45 heavy (non-hydrogen) atoms. The molecule has 0 bridgehead atoms. The largest absolute Gasteiger partial charge is 0.456 e. The Kier molecular flexibility index (Phi) is 5.89. The van der Waals surface area contributed by atoms with E-state index in [4.69, 9.17) is 4.42 Å². The maximum Gasteiger partial charge on any atom is 0.136 e. The topological polar surface area (TPSA) is 13.1 Å². The molecule has 0 aliphatic heterocycles. The van der Waals surface area contributed by atoms with Gasteiger partial charge in [-0.3, -0.25) is 0 Å². The second-order valence-electron chi connectivity index (χ2n) is 11.6. The average Bonchev–Trinajstić information content (AvgIpc) is 3.50. The van der Waals surface area contributed by atoms with E-state index in [1.165, 1.54) is 66.1 Å². The number of furan rings is 1. The Labute approximate surface area is 261 Å². The summed E-state index contributed by atoms with van der Waals surface area (Å²) in [6.07, 6.45) is 0. The van der Waals surface area contributed by atoms with Crippen LogP contribution in [0.25, 0.3) is 88.0 Å². The van der Waals surface area contributed by atoms with E-state index in [9.17, 15) is 0 Å². The summed E-state index contributed by atoms with van der Waals surface area (Å²) in [4.78, 5) is 0.